The molecule has 0 radical (unpaired) electrons. The second-order valence-electron chi connectivity index (χ2n) is 3.75. The standard InChI is InChI=1S/C9H17N5O/c1-5(10)3-6(2)14-8-7(11)9(15)13-4-12-8/h4-6H,3,10-11H2,1-2H3,(H2,12,13,14,15). The molecule has 15 heavy (non-hydrogen) atoms. The number of anilines is 2. The molecule has 0 saturated carbocycles. The van der Waals surface area contributed by atoms with Gasteiger partial charge in [0, 0.05) is 12.1 Å². The maximum Gasteiger partial charge on any atom is 0.276 e. The molecule has 1 rings (SSSR count). The Labute approximate surface area is 88.1 Å². The van der Waals surface area contributed by atoms with Crippen LogP contribution in [0.25, 0.3) is 0 Å². The molecule has 0 aliphatic carbocycles. The van der Waals surface area contributed by atoms with Gasteiger partial charge >= 0.3 is 0 Å². The summed E-state index contributed by atoms with van der Waals surface area (Å²) in [5.41, 5.74) is 11.0. The molecule has 6 heteroatoms. The van der Waals surface area contributed by atoms with Gasteiger partial charge in [-0.05, 0) is 20.3 Å². The summed E-state index contributed by atoms with van der Waals surface area (Å²) in [7, 11) is 0. The largest absolute Gasteiger partial charge is 0.391 e. The average molecular weight is 211 g/mol. The summed E-state index contributed by atoms with van der Waals surface area (Å²) >= 11 is 0. The normalized spacial score (nSPS) is 14.6. The van der Waals surface area contributed by atoms with Gasteiger partial charge in [0.2, 0.25) is 0 Å². The second kappa shape index (κ2) is 4.79. The van der Waals surface area contributed by atoms with Crippen LogP contribution in [0.15, 0.2) is 11.1 Å². The van der Waals surface area contributed by atoms with Crippen molar-refractivity contribution < 1.29 is 0 Å². The maximum absolute atomic E-state index is 11.2. The number of aromatic nitrogens is 2. The zero-order chi connectivity index (χ0) is 11.4. The van der Waals surface area contributed by atoms with Gasteiger partial charge in [0.25, 0.3) is 5.56 Å². The smallest absolute Gasteiger partial charge is 0.276 e. The minimum absolute atomic E-state index is 0.0933. The van der Waals surface area contributed by atoms with Gasteiger partial charge in [0.1, 0.15) is 5.69 Å². The Hall–Kier alpha value is -1.56. The fourth-order valence-corrected chi connectivity index (χ4v) is 1.38. The molecule has 0 amide bonds. The van der Waals surface area contributed by atoms with E-state index in [2.05, 4.69) is 15.3 Å². The molecule has 6 nitrogen and oxygen atoms in total. The highest BCUT2D eigenvalue weighted by Crippen LogP contribution is 2.10. The maximum atomic E-state index is 11.2. The number of nitrogens with zero attached hydrogens (tertiary/aromatic N) is 1. The zero-order valence-corrected chi connectivity index (χ0v) is 8.95. The quantitative estimate of drug-likeness (QED) is 0.555. The summed E-state index contributed by atoms with van der Waals surface area (Å²) < 4.78 is 0. The van der Waals surface area contributed by atoms with Gasteiger partial charge in [-0.15, -0.1) is 0 Å². The number of H-pyrrole nitrogens is 1. The average Bonchev–Trinajstić information content (AvgIpc) is 2.11. The van der Waals surface area contributed by atoms with Gasteiger partial charge in [0.15, 0.2) is 5.82 Å². The molecule has 0 aliphatic rings. The number of nitrogens with one attached hydrogen (secondary N) is 2. The van der Waals surface area contributed by atoms with Crippen molar-refractivity contribution in [2.45, 2.75) is 32.4 Å². The van der Waals surface area contributed by atoms with E-state index in [4.69, 9.17) is 11.5 Å². The van der Waals surface area contributed by atoms with Crippen LogP contribution in [0, 0.1) is 0 Å². The molecular weight excluding hydrogens is 194 g/mol. The summed E-state index contributed by atoms with van der Waals surface area (Å²) in [5, 5.41) is 3.05. The van der Waals surface area contributed by atoms with Crippen molar-refractivity contribution in [2.24, 2.45) is 5.73 Å². The first-order chi connectivity index (χ1) is 7.00. The second-order valence-corrected chi connectivity index (χ2v) is 3.75. The lowest BCUT2D eigenvalue weighted by atomic mass is 10.1. The monoisotopic (exact) mass is 211 g/mol. The van der Waals surface area contributed by atoms with Crippen LogP contribution in [-0.2, 0) is 0 Å². The number of nitrogen functional groups attached to an aromatic ring is 1. The SMILES string of the molecule is CC(N)CC(C)Nc1nc[nH]c(=O)c1N. The molecule has 2 atom stereocenters. The Bertz CT molecular complexity index is 373. The summed E-state index contributed by atoms with van der Waals surface area (Å²) in [6.45, 7) is 3.89. The van der Waals surface area contributed by atoms with Gasteiger partial charge in [-0.2, -0.15) is 0 Å². The first-order valence-corrected chi connectivity index (χ1v) is 4.86. The van der Waals surface area contributed by atoms with E-state index >= 15 is 0 Å². The molecule has 0 aromatic carbocycles. The van der Waals surface area contributed by atoms with Crippen LogP contribution in [0.3, 0.4) is 0 Å². The molecular formula is C9H17N5O. The van der Waals surface area contributed by atoms with E-state index in [0.29, 0.717) is 5.82 Å². The van der Waals surface area contributed by atoms with E-state index in [1.165, 1.54) is 6.33 Å². The van der Waals surface area contributed by atoms with E-state index in [1.807, 2.05) is 13.8 Å². The van der Waals surface area contributed by atoms with Crippen molar-refractivity contribution in [3.63, 3.8) is 0 Å². The topological polar surface area (TPSA) is 110 Å². The number of hydrogen-bond acceptors (Lipinski definition) is 5. The molecule has 0 fully saturated rings. The number of rotatable bonds is 4. The van der Waals surface area contributed by atoms with Crippen LogP contribution in [-0.4, -0.2) is 22.1 Å². The molecule has 84 valence electrons. The highest BCUT2D eigenvalue weighted by atomic mass is 16.1. The molecule has 1 aromatic rings. The van der Waals surface area contributed by atoms with Crippen molar-refractivity contribution in [3.05, 3.63) is 16.7 Å². The predicted molar refractivity (Wildman–Crippen MR) is 60.6 cm³/mol. The zero-order valence-electron chi connectivity index (χ0n) is 8.95. The van der Waals surface area contributed by atoms with Crippen LogP contribution >= 0.6 is 0 Å². The van der Waals surface area contributed by atoms with Gasteiger partial charge in [0.05, 0.1) is 6.33 Å². The summed E-state index contributed by atoms with van der Waals surface area (Å²) in [6, 6.07) is 0.220. The van der Waals surface area contributed by atoms with Crippen molar-refractivity contribution in [1.82, 2.24) is 9.97 Å². The molecule has 0 bridgehead atoms. The summed E-state index contributed by atoms with van der Waals surface area (Å²) in [6.07, 6.45) is 2.10. The molecule has 1 heterocycles. The van der Waals surface area contributed by atoms with Crippen LogP contribution in [0.4, 0.5) is 11.5 Å². The summed E-state index contributed by atoms with van der Waals surface area (Å²) in [5.74, 6) is 0.409. The fourth-order valence-electron chi connectivity index (χ4n) is 1.38. The van der Waals surface area contributed by atoms with E-state index in [0.717, 1.165) is 6.42 Å². The first-order valence-electron chi connectivity index (χ1n) is 4.86. The Morgan fingerprint density at radius 1 is 1.60 bits per heavy atom. The molecule has 6 N–H and O–H groups in total. The molecule has 1 aromatic heterocycles. The highest BCUT2D eigenvalue weighted by Gasteiger charge is 2.09. The Morgan fingerprint density at radius 3 is 2.87 bits per heavy atom. The highest BCUT2D eigenvalue weighted by molar-refractivity contribution is 5.59. The minimum Gasteiger partial charge on any atom is -0.391 e. The minimum atomic E-state index is -0.333. The molecule has 0 spiro atoms. The van der Waals surface area contributed by atoms with Crippen LogP contribution in [0.5, 0.6) is 0 Å². The number of nitrogens with two attached hydrogens (primary N) is 2. The van der Waals surface area contributed by atoms with E-state index in [1.54, 1.807) is 0 Å². The van der Waals surface area contributed by atoms with Crippen LogP contribution < -0.4 is 22.3 Å². The van der Waals surface area contributed by atoms with Gasteiger partial charge in [-0.1, -0.05) is 0 Å². The number of hydrogen-bond donors (Lipinski definition) is 4. The molecule has 2 unspecified atom stereocenters. The van der Waals surface area contributed by atoms with E-state index in [-0.39, 0.29) is 23.3 Å². The Balaban J connectivity index is 2.72. The van der Waals surface area contributed by atoms with Gasteiger partial charge < -0.3 is 21.8 Å². The third-order valence-corrected chi connectivity index (χ3v) is 2.00. The summed E-state index contributed by atoms with van der Waals surface area (Å²) in [4.78, 5) is 17.5. The number of aromatic amines is 1. The van der Waals surface area contributed by atoms with Crippen molar-refractivity contribution in [1.29, 1.82) is 0 Å². The van der Waals surface area contributed by atoms with Crippen molar-refractivity contribution in [2.75, 3.05) is 11.1 Å². The first kappa shape index (κ1) is 11.5. The third-order valence-electron chi connectivity index (χ3n) is 2.00. The van der Waals surface area contributed by atoms with Crippen molar-refractivity contribution in [3.8, 4) is 0 Å². The van der Waals surface area contributed by atoms with E-state index in [9.17, 15) is 4.79 Å². The lowest BCUT2D eigenvalue weighted by molar-refractivity contribution is 0.603. The Morgan fingerprint density at radius 2 is 2.27 bits per heavy atom. The van der Waals surface area contributed by atoms with Gasteiger partial charge in [-0.25, -0.2) is 4.98 Å². The van der Waals surface area contributed by atoms with E-state index < -0.39 is 0 Å². The predicted octanol–water partition coefficient (Wildman–Crippen LogP) is -0.110. The Kier molecular flexibility index (Phi) is 3.68. The van der Waals surface area contributed by atoms with Gasteiger partial charge in [-0.3, -0.25) is 4.79 Å². The molecule has 0 saturated heterocycles. The third kappa shape index (κ3) is 3.25. The lowest BCUT2D eigenvalue weighted by Gasteiger charge is -2.16. The van der Waals surface area contributed by atoms with Crippen LogP contribution in [0.1, 0.15) is 20.3 Å². The van der Waals surface area contributed by atoms with Crippen molar-refractivity contribution >= 4 is 11.5 Å². The van der Waals surface area contributed by atoms with Crippen LogP contribution in [0.2, 0.25) is 0 Å². The molecule has 0 aliphatic heterocycles. The fraction of sp³-hybridized carbons (Fsp3) is 0.556. The lowest BCUT2D eigenvalue weighted by Crippen LogP contribution is -2.28.